The molecule has 7 rings (SSSR count). The van der Waals surface area contributed by atoms with Crippen molar-refractivity contribution in [1.82, 2.24) is 0 Å². The van der Waals surface area contributed by atoms with Crippen molar-refractivity contribution < 1.29 is 0 Å². The summed E-state index contributed by atoms with van der Waals surface area (Å²) in [6.07, 6.45) is 14.2. The van der Waals surface area contributed by atoms with Gasteiger partial charge in [-0.1, -0.05) is 11.1 Å². The van der Waals surface area contributed by atoms with Crippen LogP contribution in [0, 0.1) is 59.2 Å². The fraction of sp³-hybridized carbons (Fsp3) is 0.905. The fourth-order valence-corrected chi connectivity index (χ4v) is 9.13. The van der Waals surface area contributed by atoms with E-state index in [1.54, 1.807) is 38.5 Å². The van der Waals surface area contributed by atoms with E-state index in [9.17, 15) is 0 Å². The normalized spacial score (nSPS) is 65.1. The summed E-state index contributed by atoms with van der Waals surface area (Å²) in [6.45, 7) is 0. The van der Waals surface area contributed by atoms with E-state index >= 15 is 0 Å². The lowest BCUT2D eigenvalue weighted by Gasteiger charge is -2.15. The van der Waals surface area contributed by atoms with Crippen LogP contribution in [0.3, 0.4) is 0 Å². The summed E-state index contributed by atoms with van der Waals surface area (Å²) in [7, 11) is 0. The maximum atomic E-state index is 2.08. The number of rotatable bonds is 2. The molecule has 0 heterocycles. The Labute approximate surface area is 128 Å². The molecule has 6 saturated carbocycles. The van der Waals surface area contributed by atoms with Crippen molar-refractivity contribution in [2.45, 2.75) is 57.8 Å². The second kappa shape index (κ2) is 3.46. The second-order valence-corrected chi connectivity index (χ2v) is 9.93. The quantitative estimate of drug-likeness (QED) is 0.621. The molecule has 4 bridgehead atoms. The molecule has 0 aliphatic heterocycles. The first-order valence-corrected chi connectivity index (χ1v) is 10.1. The van der Waals surface area contributed by atoms with Crippen LogP contribution in [0.5, 0.6) is 0 Å². The highest BCUT2D eigenvalue weighted by Crippen LogP contribution is 2.76. The Hall–Kier alpha value is -0.260. The van der Waals surface area contributed by atoms with Crippen LogP contribution in [0.4, 0.5) is 0 Å². The van der Waals surface area contributed by atoms with Gasteiger partial charge < -0.3 is 0 Å². The van der Waals surface area contributed by atoms with E-state index in [-0.39, 0.29) is 0 Å². The Balaban J connectivity index is 1.23. The second-order valence-electron chi connectivity index (χ2n) is 9.93. The summed E-state index contributed by atoms with van der Waals surface area (Å²) >= 11 is 0. The van der Waals surface area contributed by atoms with Gasteiger partial charge in [-0.05, 0) is 117 Å². The van der Waals surface area contributed by atoms with Crippen molar-refractivity contribution in [2.75, 3.05) is 0 Å². The maximum absolute atomic E-state index is 2.08. The van der Waals surface area contributed by atoms with Gasteiger partial charge in [-0.25, -0.2) is 0 Å². The third kappa shape index (κ3) is 1.21. The van der Waals surface area contributed by atoms with E-state index in [2.05, 4.69) is 11.1 Å². The Kier molecular flexibility index (Phi) is 1.86. The molecule has 0 N–H and O–H groups in total. The van der Waals surface area contributed by atoms with E-state index in [0.29, 0.717) is 0 Å². The van der Waals surface area contributed by atoms with Crippen molar-refractivity contribution >= 4 is 0 Å². The lowest BCUT2D eigenvalue weighted by atomic mass is 9.90. The Morgan fingerprint density at radius 3 is 1.29 bits per heavy atom. The third-order valence-corrected chi connectivity index (χ3v) is 9.58. The predicted molar refractivity (Wildman–Crippen MR) is 83.5 cm³/mol. The summed E-state index contributed by atoms with van der Waals surface area (Å²) in [4.78, 5) is 0. The highest BCUT2D eigenvalue weighted by molar-refractivity contribution is 5.38. The smallest absolute Gasteiger partial charge is 0.0133 e. The number of allylic oxidation sites excluding steroid dienone is 2. The van der Waals surface area contributed by atoms with Gasteiger partial charge in [0.05, 0.1) is 0 Å². The van der Waals surface area contributed by atoms with Crippen LogP contribution in [0.15, 0.2) is 11.1 Å². The lowest BCUT2D eigenvalue weighted by Crippen LogP contribution is -2.05. The van der Waals surface area contributed by atoms with Crippen molar-refractivity contribution in [2.24, 2.45) is 59.2 Å². The highest BCUT2D eigenvalue weighted by atomic mass is 14.7. The molecule has 0 aromatic rings. The van der Waals surface area contributed by atoms with Crippen LogP contribution >= 0.6 is 0 Å². The van der Waals surface area contributed by atoms with Gasteiger partial charge >= 0.3 is 0 Å². The maximum Gasteiger partial charge on any atom is -0.0133 e. The van der Waals surface area contributed by atoms with Gasteiger partial charge in [0.25, 0.3) is 0 Å². The van der Waals surface area contributed by atoms with E-state index in [4.69, 9.17) is 0 Å². The topological polar surface area (TPSA) is 0 Å². The standard InChI is InChI=1S/C21H28/c1-2-14(20-16-10-4-5-11(8-10)17(16)20)15(3-1)21-18-12-6-7-13(9-12)19(18)21/h10-13,16-21H,1-9H2/t10-,11+,12-,13+,16?,17?,18?,19?,20?,21?. The zero-order valence-electron chi connectivity index (χ0n) is 13.1. The molecular weight excluding hydrogens is 252 g/mol. The first-order valence-electron chi connectivity index (χ1n) is 10.1. The van der Waals surface area contributed by atoms with Crippen molar-refractivity contribution in [1.29, 1.82) is 0 Å². The molecule has 21 heavy (non-hydrogen) atoms. The van der Waals surface area contributed by atoms with Gasteiger partial charge in [-0.2, -0.15) is 0 Å². The minimum Gasteiger partial charge on any atom is -0.0670 e. The molecule has 0 nitrogen and oxygen atoms in total. The van der Waals surface area contributed by atoms with Gasteiger partial charge in [0.2, 0.25) is 0 Å². The summed E-state index contributed by atoms with van der Waals surface area (Å²) in [5, 5.41) is 0. The monoisotopic (exact) mass is 280 g/mol. The molecule has 0 aromatic heterocycles. The van der Waals surface area contributed by atoms with Gasteiger partial charge in [0.15, 0.2) is 0 Å². The van der Waals surface area contributed by atoms with Gasteiger partial charge in [0, 0.05) is 0 Å². The van der Waals surface area contributed by atoms with E-state index < -0.39 is 0 Å². The fourth-order valence-electron chi connectivity index (χ4n) is 9.13. The lowest BCUT2D eigenvalue weighted by molar-refractivity contribution is 0.456. The summed E-state index contributed by atoms with van der Waals surface area (Å²) in [6, 6.07) is 0. The van der Waals surface area contributed by atoms with Gasteiger partial charge in [0.1, 0.15) is 0 Å². The van der Waals surface area contributed by atoms with Crippen LogP contribution in [0.1, 0.15) is 57.8 Å². The van der Waals surface area contributed by atoms with E-state index in [1.807, 2.05) is 0 Å². The van der Waals surface area contributed by atoms with Gasteiger partial charge in [-0.15, -0.1) is 0 Å². The van der Waals surface area contributed by atoms with Crippen LogP contribution in [-0.2, 0) is 0 Å². The van der Waals surface area contributed by atoms with Crippen LogP contribution in [-0.4, -0.2) is 0 Å². The Bertz CT molecular complexity index is 476. The molecule has 0 radical (unpaired) electrons. The minimum absolute atomic E-state index is 1.13. The first-order chi connectivity index (χ1) is 10.4. The molecule has 112 valence electrons. The number of fused-ring (bicyclic) bond motifs is 10. The molecular formula is C21H28. The summed E-state index contributed by atoms with van der Waals surface area (Å²) in [5.74, 6) is 11.8. The zero-order chi connectivity index (χ0) is 13.3. The van der Waals surface area contributed by atoms with Crippen LogP contribution in [0.25, 0.3) is 0 Å². The van der Waals surface area contributed by atoms with Crippen LogP contribution < -0.4 is 0 Å². The molecule has 0 saturated heterocycles. The summed E-state index contributed by atoms with van der Waals surface area (Å²) < 4.78 is 0. The SMILES string of the molecule is C1CC(C2C3C2[C@H]2CC[C@@H]3C2)=C(C2C3C2[C@H]2CC[C@@H]3C2)C1. The molecule has 0 spiro atoms. The molecule has 7 aliphatic carbocycles. The predicted octanol–water partition coefficient (Wildman–Crippen LogP) is 5.05. The Morgan fingerprint density at radius 1 is 0.524 bits per heavy atom. The molecule has 0 aromatic carbocycles. The molecule has 7 aliphatic rings. The number of hydrogen-bond acceptors (Lipinski definition) is 0. The zero-order valence-corrected chi connectivity index (χ0v) is 13.1. The molecule has 6 unspecified atom stereocenters. The average Bonchev–Trinajstić information content (AvgIpc) is 3.05. The molecule has 0 amide bonds. The van der Waals surface area contributed by atoms with E-state index in [0.717, 1.165) is 11.8 Å². The molecule has 6 fully saturated rings. The largest absolute Gasteiger partial charge is 0.0670 e. The summed E-state index contributed by atoms with van der Waals surface area (Å²) in [5.41, 5.74) is 4.17. The third-order valence-electron chi connectivity index (χ3n) is 9.58. The van der Waals surface area contributed by atoms with E-state index in [1.165, 1.54) is 66.6 Å². The molecule has 10 atom stereocenters. The number of hydrogen-bond donors (Lipinski definition) is 0. The molecule has 0 heteroatoms. The van der Waals surface area contributed by atoms with Crippen molar-refractivity contribution in [3.05, 3.63) is 11.1 Å². The van der Waals surface area contributed by atoms with Crippen molar-refractivity contribution in [3.8, 4) is 0 Å². The van der Waals surface area contributed by atoms with Crippen LogP contribution in [0.2, 0.25) is 0 Å². The highest BCUT2D eigenvalue weighted by Gasteiger charge is 2.69. The minimum atomic E-state index is 1.13. The first kappa shape index (κ1) is 11.3. The Morgan fingerprint density at radius 2 is 0.905 bits per heavy atom. The van der Waals surface area contributed by atoms with Crippen molar-refractivity contribution in [3.63, 3.8) is 0 Å². The average molecular weight is 280 g/mol. The van der Waals surface area contributed by atoms with Gasteiger partial charge in [-0.3, -0.25) is 0 Å².